The van der Waals surface area contributed by atoms with Crippen molar-refractivity contribution in [3.05, 3.63) is 33.3 Å². The van der Waals surface area contributed by atoms with E-state index in [2.05, 4.69) is 48.8 Å². The van der Waals surface area contributed by atoms with Gasteiger partial charge in [0.1, 0.15) is 0 Å². The van der Waals surface area contributed by atoms with Gasteiger partial charge in [-0.1, -0.05) is 35.3 Å². The number of halogens is 1. The third-order valence-electron chi connectivity index (χ3n) is 2.61. The second-order valence-corrected chi connectivity index (χ2v) is 4.71. The largest absolute Gasteiger partial charge is 0.324 e. The minimum absolute atomic E-state index is 0.161. The van der Waals surface area contributed by atoms with Gasteiger partial charge in [0.25, 0.3) is 0 Å². The maximum atomic E-state index is 6.10. The standard InChI is InChI=1S/C12H18BrN/c1-4-5-12(14)10-6-8(2)9(3)7-11(10)13/h6-7,12H,4-5,14H2,1-3H3. The van der Waals surface area contributed by atoms with Crippen LogP contribution in [0.15, 0.2) is 16.6 Å². The van der Waals surface area contributed by atoms with E-state index in [-0.39, 0.29) is 6.04 Å². The molecular weight excluding hydrogens is 238 g/mol. The Morgan fingerprint density at radius 1 is 1.29 bits per heavy atom. The minimum atomic E-state index is 0.161. The van der Waals surface area contributed by atoms with Crippen molar-refractivity contribution in [3.63, 3.8) is 0 Å². The zero-order valence-electron chi connectivity index (χ0n) is 9.10. The fourth-order valence-electron chi connectivity index (χ4n) is 1.55. The first-order valence-electron chi connectivity index (χ1n) is 5.08. The summed E-state index contributed by atoms with van der Waals surface area (Å²) < 4.78 is 1.14. The summed E-state index contributed by atoms with van der Waals surface area (Å²) >= 11 is 3.57. The van der Waals surface area contributed by atoms with Gasteiger partial charge in [0.2, 0.25) is 0 Å². The second kappa shape index (κ2) is 4.94. The molecule has 1 rings (SSSR count). The van der Waals surface area contributed by atoms with Crippen molar-refractivity contribution in [3.8, 4) is 0 Å². The van der Waals surface area contributed by atoms with Gasteiger partial charge in [-0.25, -0.2) is 0 Å². The first-order chi connectivity index (χ1) is 6.56. The summed E-state index contributed by atoms with van der Waals surface area (Å²) in [6, 6.07) is 4.51. The minimum Gasteiger partial charge on any atom is -0.324 e. The van der Waals surface area contributed by atoms with Gasteiger partial charge in [-0.15, -0.1) is 0 Å². The Hall–Kier alpha value is -0.340. The highest BCUT2D eigenvalue weighted by atomic mass is 79.9. The third kappa shape index (κ3) is 2.58. The van der Waals surface area contributed by atoms with Gasteiger partial charge >= 0.3 is 0 Å². The average Bonchev–Trinajstić information content (AvgIpc) is 2.11. The normalized spacial score (nSPS) is 12.9. The Morgan fingerprint density at radius 2 is 1.86 bits per heavy atom. The Labute approximate surface area is 94.8 Å². The molecule has 0 saturated carbocycles. The number of nitrogens with two attached hydrogens (primary N) is 1. The molecular formula is C12H18BrN. The highest BCUT2D eigenvalue weighted by Crippen LogP contribution is 2.27. The zero-order chi connectivity index (χ0) is 10.7. The molecule has 0 radical (unpaired) electrons. The molecule has 0 aliphatic carbocycles. The zero-order valence-corrected chi connectivity index (χ0v) is 10.7. The van der Waals surface area contributed by atoms with Gasteiger partial charge in [-0.2, -0.15) is 0 Å². The lowest BCUT2D eigenvalue weighted by Crippen LogP contribution is -2.10. The Bertz CT molecular complexity index is 320. The summed E-state index contributed by atoms with van der Waals surface area (Å²) in [6.07, 6.45) is 2.17. The summed E-state index contributed by atoms with van der Waals surface area (Å²) in [7, 11) is 0. The average molecular weight is 256 g/mol. The molecule has 0 aliphatic heterocycles. The maximum Gasteiger partial charge on any atom is 0.0306 e. The van der Waals surface area contributed by atoms with Gasteiger partial charge in [0.15, 0.2) is 0 Å². The molecule has 0 heterocycles. The summed E-state index contributed by atoms with van der Waals surface area (Å²) in [5.41, 5.74) is 9.95. The van der Waals surface area contributed by atoms with Gasteiger partial charge in [0, 0.05) is 10.5 Å². The molecule has 1 atom stereocenters. The molecule has 2 N–H and O–H groups in total. The monoisotopic (exact) mass is 255 g/mol. The van der Waals surface area contributed by atoms with Crippen LogP contribution in [0, 0.1) is 13.8 Å². The van der Waals surface area contributed by atoms with Gasteiger partial charge in [-0.05, 0) is 43.0 Å². The molecule has 0 bridgehead atoms. The van der Waals surface area contributed by atoms with Crippen molar-refractivity contribution in [1.82, 2.24) is 0 Å². The van der Waals surface area contributed by atoms with Crippen LogP contribution in [0.4, 0.5) is 0 Å². The van der Waals surface area contributed by atoms with E-state index in [9.17, 15) is 0 Å². The predicted molar refractivity (Wildman–Crippen MR) is 65.5 cm³/mol. The number of rotatable bonds is 3. The van der Waals surface area contributed by atoms with Crippen LogP contribution in [0.25, 0.3) is 0 Å². The number of aryl methyl sites for hydroxylation is 2. The quantitative estimate of drug-likeness (QED) is 0.872. The number of hydrogen-bond acceptors (Lipinski definition) is 1. The van der Waals surface area contributed by atoms with E-state index < -0.39 is 0 Å². The molecule has 0 amide bonds. The Morgan fingerprint density at radius 3 is 2.43 bits per heavy atom. The van der Waals surface area contributed by atoms with E-state index in [1.807, 2.05) is 0 Å². The molecule has 0 fully saturated rings. The van der Waals surface area contributed by atoms with Crippen LogP contribution in [0.1, 0.15) is 42.5 Å². The van der Waals surface area contributed by atoms with Crippen LogP contribution in [-0.2, 0) is 0 Å². The van der Waals surface area contributed by atoms with E-state index >= 15 is 0 Å². The van der Waals surface area contributed by atoms with Gasteiger partial charge < -0.3 is 5.73 Å². The van der Waals surface area contributed by atoms with Gasteiger partial charge in [0.05, 0.1) is 0 Å². The first-order valence-corrected chi connectivity index (χ1v) is 5.87. The first kappa shape index (κ1) is 11.7. The summed E-state index contributed by atoms with van der Waals surface area (Å²) in [6.45, 7) is 6.41. The van der Waals surface area contributed by atoms with Crippen molar-refractivity contribution >= 4 is 15.9 Å². The van der Waals surface area contributed by atoms with Crippen LogP contribution >= 0.6 is 15.9 Å². The molecule has 0 spiro atoms. The lowest BCUT2D eigenvalue weighted by molar-refractivity contribution is 0.635. The summed E-state index contributed by atoms with van der Waals surface area (Å²) in [4.78, 5) is 0. The van der Waals surface area contributed by atoms with Crippen molar-refractivity contribution in [2.45, 2.75) is 39.7 Å². The molecule has 1 nitrogen and oxygen atoms in total. The van der Waals surface area contributed by atoms with Crippen LogP contribution in [-0.4, -0.2) is 0 Å². The van der Waals surface area contributed by atoms with E-state index in [0.717, 1.165) is 17.3 Å². The molecule has 0 aliphatic rings. The SMILES string of the molecule is CCCC(N)c1cc(C)c(C)cc1Br. The predicted octanol–water partition coefficient (Wildman–Crippen LogP) is 3.87. The lowest BCUT2D eigenvalue weighted by atomic mass is 9.99. The van der Waals surface area contributed by atoms with E-state index in [1.54, 1.807) is 0 Å². The lowest BCUT2D eigenvalue weighted by Gasteiger charge is -2.15. The van der Waals surface area contributed by atoms with Crippen molar-refractivity contribution in [2.24, 2.45) is 5.73 Å². The Kier molecular flexibility index (Phi) is 4.14. The highest BCUT2D eigenvalue weighted by Gasteiger charge is 2.10. The highest BCUT2D eigenvalue weighted by molar-refractivity contribution is 9.10. The molecule has 1 aromatic carbocycles. The Balaban J connectivity index is 3.02. The molecule has 0 aromatic heterocycles. The van der Waals surface area contributed by atoms with Crippen LogP contribution < -0.4 is 5.73 Å². The molecule has 1 unspecified atom stereocenters. The number of hydrogen-bond donors (Lipinski definition) is 1. The fraction of sp³-hybridized carbons (Fsp3) is 0.500. The molecule has 0 saturated heterocycles. The topological polar surface area (TPSA) is 26.0 Å². The smallest absolute Gasteiger partial charge is 0.0306 e. The summed E-state index contributed by atoms with van der Waals surface area (Å²) in [5.74, 6) is 0. The fourth-order valence-corrected chi connectivity index (χ4v) is 2.31. The van der Waals surface area contributed by atoms with E-state index in [4.69, 9.17) is 5.73 Å². The third-order valence-corrected chi connectivity index (χ3v) is 3.30. The van der Waals surface area contributed by atoms with E-state index in [1.165, 1.54) is 16.7 Å². The molecule has 1 aromatic rings. The second-order valence-electron chi connectivity index (χ2n) is 3.85. The van der Waals surface area contributed by atoms with Crippen molar-refractivity contribution in [1.29, 1.82) is 0 Å². The van der Waals surface area contributed by atoms with Crippen LogP contribution in [0.5, 0.6) is 0 Å². The maximum absolute atomic E-state index is 6.10. The molecule has 14 heavy (non-hydrogen) atoms. The van der Waals surface area contributed by atoms with E-state index in [0.29, 0.717) is 0 Å². The van der Waals surface area contributed by atoms with Gasteiger partial charge in [-0.3, -0.25) is 0 Å². The van der Waals surface area contributed by atoms with Crippen LogP contribution in [0.2, 0.25) is 0 Å². The summed E-state index contributed by atoms with van der Waals surface area (Å²) in [5, 5.41) is 0. The van der Waals surface area contributed by atoms with Crippen molar-refractivity contribution < 1.29 is 0 Å². The van der Waals surface area contributed by atoms with Crippen LogP contribution in [0.3, 0.4) is 0 Å². The molecule has 78 valence electrons. The van der Waals surface area contributed by atoms with Crippen molar-refractivity contribution in [2.75, 3.05) is 0 Å². The number of benzene rings is 1. The molecule has 2 heteroatoms.